The van der Waals surface area contributed by atoms with Gasteiger partial charge in [-0.2, -0.15) is 0 Å². The number of benzene rings is 1. The molecular weight excluding hydrogens is 274 g/mol. The largest absolute Gasteiger partial charge is 0.480 e. The molecule has 0 bridgehead atoms. The van der Waals surface area contributed by atoms with Gasteiger partial charge in [-0.25, -0.2) is 4.79 Å². The van der Waals surface area contributed by atoms with E-state index in [1.165, 1.54) is 0 Å². The van der Waals surface area contributed by atoms with Gasteiger partial charge >= 0.3 is 5.97 Å². The number of hydrogen-bond donors (Lipinski definition) is 2. The van der Waals surface area contributed by atoms with Crippen LogP contribution in [0.25, 0.3) is 0 Å². The summed E-state index contributed by atoms with van der Waals surface area (Å²) < 4.78 is 0. The lowest BCUT2D eigenvalue weighted by Crippen LogP contribution is -2.41. The molecule has 1 saturated carbocycles. The molecule has 2 rings (SSSR count). The van der Waals surface area contributed by atoms with Gasteiger partial charge in [0.15, 0.2) is 0 Å². The third-order valence-corrected chi connectivity index (χ3v) is 4.25. The zero-order valence-corrected chi connectivity index (χ0v) is 12.1. The van der Waals surface area contributed by atoms with E-state index in [0.29, 0.717) is 24.5 Å². The topological polar surface area (TPSA) is 66.4 Å². The van der Waals surface area contributed by atoms with Crippen LogP contribution in [0.4, 0.5) is 0 Å². The summed E-state index contributed by atoms with van der Waals surface area (Å²) >= 11 is 1.60. The second-order valence-electron chi connectivity index (χ2n) is 5.05. The van der Waals surface area contributed by atoms with Crippen LogP contribution >= 0.6 is 11.8 Å². The Morgan fingerprint density at radius 2 is 2.00 bits per heavy atom. The molecule has 1 unspecified atom stereocenters. The second-order valence-corrected chi connectivity index (χ2v) is 6.22. The fourth-order valence-corrected chi connectivity index (χ4v) is 2.83. The molecule has 20 heavy (non-hydrogen) atoms. The third kappa shape index (κ3) is 5.25. The van der Waals surface area contributed by atoms with Gasteiger partial charge in [0.25, 0.3) is 0 Å². The normalized spacial score (nSPS) is 15.6. The smallest absolute Gasteiger partial charge is 0.326 e. The minimum atomic E-state index is -0.930. The van der Waals surface area contributed by atoms with Crippen molar-refractivity contribution >= 4 is 23.6 Å². The first-order chi connectivity index (χ1) is 9.65. The molecule has 0 saturated heterocycles. The van der Waals surface area contributed by atoms with Crippen molar-refractivity contribution in [3.63, 3.8) is 0 Å². The summed E-state index contributed by atoms with van der Waals surface area (Å²) in [7, 11) is 0. The van der Waals surface area contributed by atoms with Crippen LogP contribution in [0.15, 0.2) is 35.2 Å². The van der Waals surface area contributed by atoms with Crippen LogP contribution in [0.1, 0.15) is 25.7 Å². The number of amides is 1. The van der Waals surface area contributed by atoms with Crippen molar-refractivity contribution in [2.24, 2.45) is 5.92 Å². The van der Waals surface area contributed by atoms with Crippen molar-refractivity contribution < 1.29 is 14.7 Å². The van der Waals surface area contributed by atoms with Crippen molar-refractivity contribution in [2.45, 2.75) is 36.6 Å². The van der Waals surface area contributed by atoms with Crippen molar-refractivity contribution in [3.05, 3.63) is 30.3 Å². The highest BCUT2D eigenvalue weighted by molar-refractivity contribution is 7.99. The maximum Gasteiger partial charge on any atom is 0.326 e. The van der Waals surface area contributed by atoms with E-state index in [-0.39, 0.29) is 5.91 Å². The summed E-state index contributed by atoms with van der Waals surface area (Å²) in [4.78, 5) is 24.0. The van der Waals surface area contributed by atoms with Crippen molar-refractivity contribution in [1.82, 2.24) is 5.32 Å². The number of rotatable bonds is 8. The Morgan fingerprint density at radius 1 is 1.30 bits per heavy atom. The molecule has 0 spiro atoms. The van der Waals surface area contributed by atoms with Crippen LogP contribution in [0, 0.1) is 5.92 Å². The number of carboxylic acids is 1. The van der Waals surface area contributed by atoms with E-state index in [4.69, 9.17) is 5.11 Å². The standard InChI is InChI=1S/C15H19NO3S/c17-14(8-9-20-12-4-2-1-3-5-12)16-13(15(18)19)10-11-6-7-11/h1-5,11,13H,6-10H2,(H,16,17)(H,18,19). The third-order valence-electron chi connectivity index (χ3n) is 3.24. The number of carbonyl (C=O) groups excluding carboxylic acids is 1. The van der Waals surface area contributed by atoms with Crippen molar-refractivity contribution in [3.8, 4) is 0 Å². The predicted molar refractivity (Wildman–Crippen MR) is 78.7 cm³/mol. The molecule has 4 nitrogen and oxygen atoms in total. The first-order valence-corrected chi connectivity index (χ1v) is 7.83. The fraction of sp³-hybridized carbons (Fsp3) is 0.467. The second kappa shape index (κ2) is 7.33. The molecule has 0 heterocycles. The average molecular weight is 293 g/mol. The molecule has 1 aromatic rings. The molecule has 0 aliphatic heterocycles. The van der Waals surface area contributed by atoms with Crippen LogP contribution in [-0.2, 0) is 9.59 Å². The van der Waals surface area contributed by atoms with E-state index < -0.39 is 12.0 Å². The Bertz CT molecular complexity index is 459. The number of carboxylic acid groups (broad SMARTS) is 1. The zero-order chi connectivity index (χ0) is 14.4. The Morgan fingerprint density at radius 3 is 2.60 bits per heavy atom. The van der Waals surface area contributed by atoms with Crippen LogP contribution in [0.5, 0.6) is 0 Å². The summed E-state index contributed by atoms with van der Waals surface area (Å²) in [5.41, 5.74) is 0. The lowest BCUT2D eigenvalue weighted by atomic mass is 10.1. The average Bonchev–Trinajstić information content (AvgIpc) is 3.23. The predicted octanol–water partition coefficient (Wildman–Crippen LogP) is 2.54. The minimum absolute atomic E-state index is 0.179. The first-order valence-electron chi connectivity index (χ1n) is 6.85. The highest BCUT2D eigenvalue weighted by Crippen LogP contribution is 2.33. The van der Waals surface area contributed by atoms with Crippen molar-refractivity contribution in [1.29, 1.82) is 0 Å². The maximum absolute atomic E-state index is 11.8. The number of hydrogen-bond acceptors (Lipinski definition) is 3. The summed E-state index contributed by atoms with van der Waals surface area (Å²) in [5, 5.41) is 11.7. The maximum atomic E-state index is 11.8. The molecule has 108 valence electrons. The monoisotopic (exact) mass is 293 g/mol. The minimum Gasteiger partial charge on any atom is -0.480 e. The summed E-state index contributed by atoms with van der Waals surface area (Å²) in [6.07, 6.45) is 3.08. The highest BCUT2D eigenvalue weighted by Gasteiger charge is 2.29. The van der Waals surface area contributed by atoms with Gasteiger partial charge in [-0.15, -0.1) is 11.8 Å². The molecule has 2 N–H and O–H groups in total. The van der Waals surface area contributed by atoms with Crippen LogP contribution < -0.4 is 5.32 Å². The Balaban J connectivity index is 1.69. The van der Waals surface area contributed by atoms with Gasteiger partial charge in [0.1, 0.15) is 6.04 Å². The zero-order valence-electron chi connectivity index (χ0n) is 11.2. The molecule has 1 aliphatic rings. The van der Waals surface area contributed by atoms with Crippen LogP contribution in [0.2, 0.25) is 0 Å². The molecule has 0 radical (unpaired) electrons. The lowest BCUT2D eigenvalue weighted by Gasteiger charge is -2.13. The van der Waals surface area contributed by atoms with E-state index in [1.807, 2.05) is 30.3 Å². The molecule has 1 aromatic carbocycles. The van der Waals surface area contributed by atoms with E-state index in [0.717, 1.165) is 17.7 Å². The van der Waals surface area contributed by atoms with E-state index >= 15 is 0 Å². The van der Waals surface area contributed by atoms with E-state index in [9.17, 15) is 9.59 Å². The summed E-state index contributed by atoms with van der Waals surface area (Å²) in [6, 6.07) is 9.13. The van der Waals surface area contributed by atoms with Gasteiger partial charge in [0.05, 0.1) is 0 Å². The number of nitrogens with one attached hydrogen (secondary N) is 1. The van der Waals surface area contributed by atoms with E-state index in [1.54, 1.807) is 11.8 Å². The van der Waals surface area contributed by atoms with Gasteiger partial charge in [0.2, 0.25) is 5.91 Å². The first kappa shape index (κ1) is 14.9. The van der Waals surface area contributed by atoms with Gasteiger partial charge in [-0.3, -0.25) is 4.79 Å². The molecule has 1 aliphatic carbocycles. The molecule has 1 atom stereocenters. The quantitative estimate of drug-likeness (QED) is 0.723. The number of thioether (sulfide) groups is 1. The Kier molecular flexibility index (Phi) is 5.47. The number of carbonyl (C=O) groups is 2. The van der Waals surface area contributed by atoms with E-state index in [2.05, 4.69) is 5.32 Å². The Labute approximate surface area is 123 Å². The molecule has 1 fully saturated rings. The van der Waals surface area contributed by atoms with Gasteiger partial charge in [-0.05, 0) is 24.5 Å². The SMILES string of the molecule is O=C(CCSc1ccccc1)NC(CC1CC1)C(=O)O. The highest BCUT2D eigenvalue weighted by atomic mass is 32.2. The fourth-order valence-electron chi connectivity index (χ4n) is 1.95. The van der Waals surface area contributed by atoms with Crippen LogP contribution in [-0.4, -0.2) is 28.8 Å². The number of aliphatic carboxylic acids is 1. The summed E-state index contributed by atoms with van der Waals surface area (Å²) in [6.45, 7) is 0. The lowest BCUT2D eigenvalue weighted by molar-refractivity contribution is -0.142. The molecule has 5 heteroatoms. The Hall–Kier alpha value is -1.49. The van der Waals surface area contributed by atoms with Gasteiger partial charge in [0, 0.05) is 17.1 Å². The summed E-state index contributed by atoms with van der Waals surface area (Å²) in [5.74, 6) is 0.0311. The van der Waals surface area contributed by atoms with Gasteiger partial charge < -0.3 is 10.4 Å². The van der Waals surface area contributed by atoms with Gasteiger partial charge in [-0.1, -0.05) is 31.0 Å². The van der Waals surface area contributed by atoms with Crippen LogP contribution in [0.3, 0.4) is 0 Å². The molecule has 1 amide bonds. The molecular formula is C15H19NO3S. The molecule has 0 aromatic heterocycles. The van der Waals surface area contributed by atoms with Crippen molar-refractivity contribution in [2.75, 3.05) is 5.75 Å².